The molecule has 0 N–H and O–H groups in total. The van der Waals surface area contributed by atoms with Gasteiger partial charge in [0.2, 0.25) is 0 Å². The molecule has 0 radical (unpaired) electrons. The summed E-state index contributed by atoms with van der Waals surface area (Å²) in [4.78, 5) is 5.00. The van der Waals surface area contributed by atoms with Gasteiger partial charge in [0.1, 0.15) is 17.3 Å². The molecule has 13 aromatic rings. The second kappa shape index (κ2) is 17.0. The zero-order chi connectivity index (χ0) is 55.4. The summed E-state index contributed by atoms with van der Waals surface area (Å²) in [5.74, 6) is 2.27. The number of aromatic nitrogens is 5. The monoisotopic (exact) mass is 911 g/mol. The molecule has 0 spiro atoms. The third-order valence-electron chi connectivity index (χ3n) is 12.9. The van der Waals surface area contributed by atoms with Crippen LogP contribution in [0.3, 0.4) is 0 Å². The Morgan fingerprint density at radius 3 is 1.83 bits per heavy atom. The van der Waals surface area contributed by atoms with Gasteiger partial charge in [-0.1, -0.05) is 177 Å². The number of imidazole rings is 1. The summed E-state index contributed by atoms with van der Waals surface area (Å²) in [6.45, 7) is 4.42. The Morgan fingerprint density at radius 1 is 0.557 bits per heavy atom. The largest absolute Gasteiger partial charge is 0.458 e. The minimum Gasteiger partial charge on any atom is -0.458 e. The highest BCUT2D eigenvalue weighted by Gasteiger charge is 2.23. The van der Waals surface area contributed by atoms with E-state index in [1.807, 2.05) is 59.3 Å². The van der Waals surface area contributed by atoms with Crippen molar-refractivity contribution in [3.63, 3.8) is 0 Å². The number of hydrogen-bond acceptors (Lipinski definition) is 2. The van der Waals surface area contributed by atoms with Crippen molar-refractivity contribution in [2.24, 2.45) is 5.92 Å². The van der Waals surface area contributed by atoms with E-state index < -0.39 is 60.4 Å². The normalized spacial score (nSPS) is 13.8. The van der Waals surface area contributed by atoms with Gasteiger partial charge >= 0.3 is 0 Å². The lowest BCUT2D eigenvalue weighted by Crippen LogP contribution is -2.31. The van der Waals surface area contributed by atoms with E-state index in [-0.39, 0.29) is 27.9 Å². The van der Waals surface area contributed by atoms with E-state index in [2.05, 4.69) is 126 Å². The Labute approximate surface area is 420 Å². The number of benzene rings is 9. The van der Waals surface area contributed by atoms with Crippen LogP contribution in [0.25, 0.3) is 99.8 Å². The molecular weight excluding hydrogens is 855 g/mol. The highest BCUT2D eigenvalue weighted by Crippen LogP contribution is 2.43. The molecule has 6 nitrogen and oxygen atoms in total. The first-order valence-electron chi connectivity index (χ1n) is 28.2. The number of ether oxygens (including phenoxy) is 1. The van der Waals surface area contributed by atoms with Crippen LogP contribution >= 0.6 is 0 Å². The first kappa shape index (κ1) is 31.9. The molecule has 6 heteroatoms. The molecule has 0 amide bonds. The fourth-order valence-corrected chi connectivity index (χ4v) is 10.1. The van der Waals surface area contributed by atoms with Gasteiger partial charge in [-0.15, -0.1) is 0 Å². The average Bonchev–Trinajstić information content (AvgIpc) is 4.33. The van der Waals surface area contributed by atoms with Crippen LogP contribution in [0.15, 0.2) is 230 Å². The predicted molar refractivity (Wildman–Crippen MR) is 286 cm³/mol. The molecule has 0 atom stereocenters. The maximum Gasteiger partial charge on any atom is 0.269 e. The van der Waals surface area contributed by atoms with E-state index in [1.54, 1.807) is 22.8 Å². The second-order valence-corrected chi connectivity index (χ2v) is 17.7. The van der Waals surface area contributed by atoms with Crippen molar-refractivity contribution < 1.29 is 23.0 Å². The maximum absolute atomic E-state index is 9.11. The summed E-state index contributed by atoms with van der Waals surface area (Å²) in [7, 11) is 0. The van der Waals surface area contributed by atoms with Crippen LogP contribution < -0.4 is 9.30 Å². The van der Waals surface area contributed by atoms with Crippen molar-refractivity contribution >= 4 is 54.6 Å². The Balaban J connectivity index is 1.03. The lowest BCUT2D eigenvalue weighted by atomic mass is 9.95. The van der Waals surface area contributed by atoms with E-state index in [0.717, 1.165) is 61.5 Å². The van der Waals surface area contributed by atoms with Gasteiger partial charge in [0.15, 0.2) is 0 Å². The summed E-state index contributed by atoms with van der Waals surface area (Å²) in [6, 6.07) is 48.2. The zero-order valence-electron chi connectivity index (χ0n) is 48.1. The SMILES string of the molecule is [2H]c1c([2H])c([2H])c(-c2cccc(-c3c([2H])c([2H])c([2H])c([2H])c3[2H])c2-[n+]2[c-]n(-c3cccc(Oc4cc(-n5c6ccccc6c6ccccc65)c5c6ccccc6n(-c6cc(CC(C)C)ccn6)c5c4)c3)c3ccccc32)c([2H])c1[2H]. The zero-order valence-corrected chi connectivity index (χ0v) is 38.1. The van der Waals surface area contributed by atoms with E-state index in [0.29, 0.717) is 34.1 Å². The Hall–Kier alpha value is -9.00. The van der Waals surface area contributed by atoms with Crippen LogP contribution in [0.4, 0.5) is 0 Å². The molecule has 9 aromatic carbocycles. The van der Waals surface area contributed by atoms with E-state index >= 15 is 0 Å². The fourth-order valence-electron chi connectivity index (χ4n) is 10.1. The standard InChI is InChI=1S/C64H47N5O/c1-43(2)37-44-35-36-65-62(38-44)69-57-32-14-11-27-54(57)63-60(68-55-30-12-9-25-52(55)53-26-10-13-31-56(53)68)40-49(41-61(63)69)70-48-24-17-23-47(39-48)66-42-67(59-34-16-15-33-58(59)66)64-50(45-19-5-3-6-20-45)28-18-29-51(64)46-21-7-4-8-22-46/h3-36,38-41,43H,37H2,1-2H3/i3D,4D,5D,6D,7D,8D,19D,20D,21D,22D. The van der Waals surface area contributed by atoms with Crippen molar-refractivity contribution in [2.75, 3.05) is 0 Å². The number of para-hydroxylation sites is 6. The van der Waals surface area contributed by atoms with Gasteiger partial charge in [-0.05, 0) is 88.7 Å². The quantitative estimate of drug-likeness (QED) is 0.101. The minimum atomic E-state index is -0.570. The third kappa shape index (κ3) is 6.95. The lowest BCUT2D eigenvalue weighted by Gasteiger charge is -2.17. The highest BCUT2D eigenvalue weighted by molar-refractivity contribution is 6.16. The Kier molecular flexibility index (Phi) is 7.72. The number of hydrogen-bond donors (Lipinski definition) is 0. The van der Waals surface area contributed by atoms with Gasteiger partial charge in [0.25, 0.3) is 6.33 Å². The molecule has 0 saturated carbocycles. The number of rotatable bonds is 10. The van der Waals surface area contributed by atoms with Gasteiger partial charge in [-0.25, -0.2) is 4.98 Å². The minimum absolute atomic E-state index is 0.135. The molecule has 0 fully saturated rings. The Morgan fingerprint density at radius 2 is 1.16 bits per heavy atom. The van der Waals surface area contributed by atoms with Crippen LogP contribution in [-0.2, 0) is 6.42 Å². The number of nitrogens with zero attached hydrogens (tertiary/aromatic N) is 5. The molecule has 13 rings (SSSR count). The molecule has 334 valence electrons. The summed E-state index contributed by atoms with van der Waals surface area (Å²) < 4.78 is 103. The fraction of sp³-hybridized carbons (Fsp3) is 0.0625. The van der Waals surface area contributed by atoms with Crippen molar-refractivity contribution in [3.8, 4) is 56.6 Å². The molecule has 70 heavy (non-hydrogen) atoms. The van der Waals surface area contributed by atoms with Crippen molar-refractivity contribution in [2.45, 2.75) is 20.3 Å². The van der Waals surface area contributed by atoms with Gasteiger partial charge < -0.3 is 9.30 Å². The van der Waals surface area contributed by atoms with Gasteiger partial charge in [0.05, 0.1) is 63.9 Å². The first-order valence-corrected chi connectivity index (χ1v) is 23.2. The maximum atomic E-state index is 9.11. The molecule has 0 aliphatic heterocycles. The third-order valence-corrected chi connectivity index (χ3v) is 12.9. The molecule has 0 aliphatic carbocycles. The lowest BCUT2D eigenvalue weighted by molar-refractivity contribution is -0.571. The van der Waals surface area contributed by atoms with E-state index in [1.165, 1.54) is 5.56 Å². The molecule has 0 saturated heterocycles. The van der Waals surface area contributed by atoms with Crippen LogP contribution in [0.2, 0.25) is 0 Å². The molecule has 4 aromatic heterocycles. The van der Waals surface area contributed by atoms with Crippen LogP contribution in [-0.4, -0.2) is 18.7 Å². The van der Waals surface area contributed by atoms with Crippen LogP contribution in [0.5, 0.6) is 11.5 Å². The molecule has 4 heterocycles. The van der Waals surface area contributed by atoms with Gasteiger partial charge in [-0.3, -0.25) is 13.7 Å². The molecule has 0 bridgehead atoms. The van der Waals surface area contributed by atoms with Crippen molar-refractivity contribution in [1.82, 2.24) is 18.7 Å². The van der Waals surface area contributed by atoms with Gasteiger partial charge in [0, 0.05) is 39.9 Å². The second-order valence-electron chi connectivity index (χ2n) is 17.7. The summed E-state index contributed by atoms with van der Waals surface area (Å²) >= 11 is 0. The Bertz CT molecular complexity index is 4530. The van der Waals surface area contributed by atoms with E-state index in [9.17, 15) is 0 Å². The van der Waals surface area contributed by atoms with Crippen LogP contribution in [0, 0.1) is 12.2 Å². The van der Waals surface area contributed by atoms with Crippen molar-refractivity contribution in [3.05, 3.63) is 242 Å². The number of fused-ring (bicyclic) bond motifs is 7. The summed E-state index contributed by atoms with van der Waals surface area (Å²) in [5.41, 5.74) is 8.07. The highest BCUT2D eigenvalue weighted by atomic mass is 16.5. The molecule has 0 aliphatic rings. The molecule has 0 unspecified atom stereocenters. The summed E-state index contributed by atoms with van der Waals surface area (Å²) in [5, 5.41) is 4.31. The van der Waals surface area contributed by atoms with E-state index in [4.69, 9.17) is 23.4 Å². The average molecular weight is 912 g/mol. The topological polar surface area (TPSA) is 40.8 Å². The first-order chi connectivity index (χ1) is 38.7. The van der Waals surface area contributed by atoms with Crippen molar-refractivity contribution in [1.29, 1.82) is 0 Å². The van der Waals surface area contributed by atoms with Crippen LogP contribution in [0.1, 0.15) is 33.1 Å². The molecular formula is C64H47N5O. The smallest absolute Gasteiger partial charge is 0.269 e. The predicted octanol–water partition coefficient (Wildman–Crippen LogP) is 15.6. The summed E-state index contributed by atoms with van der Waals surface area (Å²) in [6.07, 6.45) is 6.26. The van der Waals surface area contributed by atoms with Gasteiger partial charge in [-0.2, -0.15) is 0 Å². The number of pyridine rings is 1.